The molecule has 0 aliphatic carbocycles. The molecule has 8 nitrogen and oxygen atoms in total. The standard InChI is InChI=1S/C29H60NO7P/c1-3-5-6-7-8-9-10-11-12-13-14-15-16-17-18-19-20-21-24-34-26-28(37-29(31)22-4-2)27-36-38(32,33)35-25-23-30/h28H,3-27,30H2,1-2H3,(H,32,33). The smallest absolute Gasteiger partial charge is 0.457 e. The highest BCUT2D eigenvalue weighted by molar-refractivity contribution is 7.47. The summed E-state index contributed by atoms with van der Waals surface area (Å²) in [6.45, 7) is 4.56. The van der Waals surface area contributed by atoms with Gasteiger partial charge in [0.1, 0.15) is 6.10 Å². The maximum absolute atomic E-state index is 11.8. The zero-order valence-electron chi connectivity index (χ0n) is 24.7. The molecule has 228 valence electrons. The van der Waals surface area contributed by atoms with Gasteiger partial charge < -0.3 is 20.1 Å². The summed E-state index contributed by atoms with van der Waals surface area (Å²) in [7, 11) is -4.23. The van der Waals surface area contributed by atoms with Crippen LogP contribution in [0.4, 0.5) is 0 Å². The Labute approximate surface area is 233 Å². The predicted molar refractivity (Wildman–Crippen MR) is 155 cm³/mol. The Balaban J connectivity index is 3.67. The first-order valence-corrected chi connectivity index (χ1v) is 17.0. The minimum atomic E-state index is -4.23. The van der Waals surface area contributed by atoms with Crippen molar-refractivity contribution in [1.29, 1.82) is 0 Å². The van der Waals surface area contributed by atoms with Crippen LogP contribution >= 0.6 is 7.82 Å². The molecule has 0 aromatic carbocycles. The summed E-state index contributed by atoms with van der Waals surface area (Å²) in [5, 5.41) is 0. The van der Waals surface area contributed by atoms with Gasteiger partial charge in [0.2, 0.25) is 0 Å². The summed E-state index contributed by atoms with van der Waals surface area (Å²) in [6, 6.07) is 0. The van der Waals surface area contributed by atoms with E-state index in [1.807, 2.05) is 6.92 Å². The molecular formula is C29H60NO7P. The number of phosphoric acid groups is 1. The van der Waals surface area contributed by atoms with Gasteiger partial charge in [-0.2, -0.15) is 0 Å². The van der Waals surface area contributed by atoms with E-state index < -0.39 is 13.9 Å². The summed E-state index contributed by atoms with van der Waals surface area (Å²) >= 11 is 0. The number of carbonyl (C=O) groups excluding carboxylic acids is 1. The maximum atomic E-state index is 11.8. The van der Waals surface area contributed by atoms with Crippen LogP contribution in [0.25, 0.3) is 0 Å². The molecule has 0 bridgehead atoms. The zero-order chi connectivity index (χ0) is 28.2. The Morgan fingerprint density at radius 3 is 1.61 bits per heavy atom. The van der Waals surface area contributed by atoms with Gasteiger partial charge in [-0.3, -0.25) is 13.8 Å². The first kappa shape index (κ1) is 37.5. The Hall–Kier alpha value is -0.500. The monoisotopic (exact) mass is 565 g/mol. The van der Waals surface area contributed by atoms with Crippen LogP contribution in [0.15, 0.2) is 0 Å². The van der Waals surface area contributed by atoms with Crippen molar-refractivity contribution in [3.63, 3.8) is 0 Å². The molecule has 0 aliphatic rings. The maximum Gasteiger partial charge on any atom is 0.472 e. The molecule has 0 aromatic rings. The molecule has 38 heavy (non-hydrogen) atoms. The average Bonchev–Trinajstić information content (AvgIpc) is 2.89. The van der Waals surface area contributed by atoms with E-state index in [4.69, 9.17) is 24.3 Å². The quantitative estimate of drug-likeness (QED) is 0.0514. The van der Waals surface area contributed by atoms with Gasteiger partial charge in [0.05, 0.1) is 19.8 Å². The lowest BCUT2D eigenvalue weighted by Gasteiger charge is -2.19. The lowest BCUT2D eigenvalue weighted by molar-refractivity contribution is -0.154. The molecule has 0 saturated carbocycles. The van der Waals surface area contributed by atoms with Gasteiger partial charge in [-0.15, -0.1) is 0 Å². The van der Waals surface area contributed by atoms with Gasteiger partial charge in [0.15, 0.2) is 0 Å². The van der Waals surface area contributed by atoms with Crippen LogP contribution < -0.4 is 5.73 Å². The van der Waals surface area contributed by atoms with E-state index in [0.29, 0.717) is 13.0 Å². The Bertz CT molecular complexity index is 565. The normalized spacial score (nSPS) is 13.9. The first-order chi connectivity index (χ1) is 18.4. The van der Waals surface area contributed by atoms with Gasteiger partial charge in [0.25, 0.3) is 0 Å². The number of carbonyl (C=O) groups is 1. The second-order valence-corrected chi connectivity index (χ2v) is 11.8. The van der Waals surface area contributed by atoms with Crippen LogP contribution in [0, 0.1) is 0 Å². The number of hydrogen-bond donors (Lipinski definition) is 2. The molecule has 0 aliphatic heterocycles. The molecule has 0 spiro atoms. The Morgan fingerprint density at radius 2 is 1.16 bits per heavy atom. The molecule has 0 rings (SSSR count). The van der Waals surface area contributed by atoms with E-state index in [0.717, 1.165) is 12.8 Å². The summed E-state index contributed by atoms with van der Waals surface area (Å²) in [5.74, 6) is -0.381. The molecule has 3 N–H and O–H groups in total. The van der Waals surface area contributed by atoms with Crippen molar-refractivity contribution in [2.24, 2.45) is 5.73 Å². The van der Waals surface area contributed by atoms with Gasteiger partial charge >= 0.3 is 13.8 Å². The van der Waals surface area contributed by atoms with E-state index in [1.54, 1.807) is 0 Å². The molecule has 0 aromatic heterocycles. The largest absolute Gasteiger partial charge is 0.472 e. The summed E-state index contributed by atoms with van der Waals surface area (Å²) in [6.07, 6.45) is 24.1. The van der Waals surface area contributed by atoms with Crippen LogP contribution in [0.2, 0.25) is 0 Å². The van der Waals surface area contributed by atoms with E-state index in [2.05, 4.69) is 6.92 Å². The third-order valence-corrected chi connectivity index (χ3v) is 7.48. The molecule has 2 unspecified atom stereocenters. The van der Waals surface area contributed by atoms with E-state index in [1.165, 1.54) is 103 Å². The third kappa shape index (κ3) is 27.1. The number of nitrogens with two attached hydrogens (primary N) is 1. The fourth-order valence-electron chi connectivity index (χ4n) is 4.27. The Kier molecular flexibility index (Phi) is 27.7. The van der Waals surface area contributed by atoms with Crippen molar-refractivity contribution in [1.82, 2.24) is 0 Å². The lowest BCUT2D eigenvalue weighted by Crippen LogP contribution is -2.28. The molecule has 0 saturated heterocycles. The summed E-state index contributed by atoms with van der Waals surface area (Å²) in [4.78, 5) is 21.5. The van der Waals surface area contributed by atoms with Crippen LogP contribution in [0.5, 0.6) is 0 Å². The minimum absolute atomic E-state index is 0.0933. The highest BCUT2D eigenvalue weighted by Gasteiger charge is 2.25. The van der Waals surface area contributed by atoms with Gasteiger partial charge in [-0.05, 0) is 12.8 Å². The predicted octanol–water partition coefficient (Wildman–Crippen LogP) is 7.85. The van der Waals surface area contributed by atoms with Crippen molar-refractivity contribution in [2.75, 3.05) is 33.0 Å². The number of hydrogen-bond acceptors (Lipinski definition) is 7. The third-order valence-electron chi connectivity index (χ3n) is 6.49. The van der Waals surface area contributed by atoms with Crippen molar-refractivity contribution >= 4 is 13.8 Å². The minimum Gasteiger partial charge on any atom is -0.457 e. The molecule has 0 heterocycles. The first-order valence-electron chi connectivity index (χ1n) is 15.5. The van der Waals surface area contributed by atoms with Gasteiger partial charge in [0, 0.05) is 19.6 Å². The highest BCUT2D eigenvalue weighted by atomic mass is 31.2. The average molecular weight is 566 g/mol. The van der Waals surface area contributed by atoms with E-state index >= 15 is 0 Å². The van der Waals surface area contributed by atoms with Gasteiger partial charge in [-0.25, -0.2) is 4.57 Å². The molecule has 0 fully saturated rings. The van der Waals surface area contributed by atoms with Crippen LogP contribution in [-0.2, 0) is 27.9 Å². The fourth-order valence-corrected chi connectivity index (χ4v) is 5.03. The van der Waals surface area contributed by atoms with Crippen molar-refractivity contribution < 1.29 is 32.8 Å². The van der Waals surface area contributed by atoms with Crippen LogP contribution in [-0.4, -0.2) is 49.9 Å². The number of rotatable bonds is 30. The number of ether oxygens (including phenoxy) is 2. The van der Waals surface area contributed by atoms with Crippen molar-refractivity contribution in [3.05, 3.63) is 0 Å². The van der Waals surface area contributed by atoms with Crippen LogP contribution in [0.1, 0.15) is 142 Å². The lowest BCUT2D eigenvalue weighted by atomic mass is 10.0. The number of phosphoric ester groups is 1. The second-order valence-electron chi connectivity index (χ2n) is 10.3. The molecule has 0 amide bonds. The fraction of sp³-hybridized carbons (Fsp3) is 0.966. The SMILES string of the molecule is CCCCCCCCCCCCCCCCCCCCOCC(COP(=O)(O)OCCN)OC(=O)CCC. The number of esters is 1. The highest BCUT2D eigenvalue weighted by Crippen LogP contribution is 2.43. The van der Waals surface area contributed by atoms with Crippen molar-refractivity contribution in [3.8, 4) is 0 Å². The summed E-state index contributed by atoms with van der Waals surface area (Å²) < 4.78 is 32.5. The topological polar surface area (TPSA) is 117 Å². The summed E-state index contributed by atoms with van der Waals surface area (Å²) in [5.41, 5.74) is 5.28. The van der Waals surface area contributed by atoms with Crippen LogP contribution in [0.3, 0.4) is 0 Å². The molecule has 0 radical (unpaired) electrons. The van der Waals surface area contributed by atoms with E-state index in [9.17, 15) is 14.3 Å². The van der Waals surface area contributed by atoms with Gasteiger partial charge in [-0.1, -0.05) is 123 Å². The molecule has 2 atom stereocenters. The second kappa shape index (κ2) is 28.0. The Morgan fingerprint density at radius 1 is 0.684 bits per heavy atom. The van der Waals surface area contributed by atoms with E-state index in [-0.39, 0.29) is 38.8 Å². The molecule has 9 heteroatoms. The zero-order valence-corrected chi connectivity index (χ0v) is 25.6. The number of unbranched alkanes of at least 4 members (excludes halogenated alkanes) is 17. The van der Waals surface area contributed by atoms with Crippen molar-refractivity contribution in [2.45, 2.75) is 148 Å². The molecular weight excluding hydrogens is 505 g/mol.